The first-order chi connectivity index (χ1) is 13.7. The molecule has 0 N–H and O–H groups in total. The van der Waals surface area contributed by atoms with Gasteiger partial charge in [-0.1, -0.05) is 42.5 Å². The molecule has 1 aliphatic rings. The van der Waals surface area contributed by atoms with Crippen LogP contribution >= 0.6 is 0 Å². The number of hydrogen-bond donors (Lipinski definition) is 0. The first-order valence-corrected chi connectivity index (χ1v) is 9.90. The zero-order valence-electron chi connectivity index (χ0n) is 15.9. The van der Waals surface area contributed by atoms with E-state index >= 15 is 0 Å². The van der Waals surface area contributed by atoms with Gasteiger partial charge in [-0.3, -0.25) is 14.6 Å². The molecule has 4 nitrogen and oxygen atoms in total. The van der Waals surface area contributed by atoms with Gasteiger partial charge in [-0.25, -0.2) is 0 Å². The summed E-state index contributed by atoms with van der Waals surface area (Å²) in [6.45, 7) is 1.27. The molecule has 0 aliphatic carbocycles. The van der Waals surface area contributed by atoms with Gasteiger partial charge in [0.2, 0.25) is 5.91 Å². The summed E-state index contributed by atoms with van der Waals surface area (Å²) in [5.74, 6) is 0.160. The predicted octanol–water partition coefficient (Wildman–Crippen LogP) is 4.29. The van der Waals surface area contributed by atoms with Crippen LogP contribution in [0.3, 0.4) is 0 Å². The molecule has 0 spiro atoms. The Hall–Kier alpha value is -3.01. The number of carbonyl (C=O) groups is 2. The second kappa shape index (κ2) is 8.34. The number of amides is 1. The molecule has 4 heteroatoms. The third-order valence-corrected chi connectivity index (χ3v) is 5.53. The molecule has 1 amide bonds. The predicted molar refractivity (Wildman–Crippen MR) is 110 cm³/mol. The zero-order chi connectivity index (χ0) is 19.3. The number of benzene rings is 2. The molecule has 142 valence electrons. The van der Waals surface area contributed by atoms with Crippen LogP contribution in [-0.2, 0) is 11.2 Å². The molecule has 0 unspecified atom stereocenters. The number of pyridine rings is 1. The van der Waals surface area contributed by atoms with E-state index in [1.165, 1.54) is 0 Å². The summed E-state index contributed by atoms with van der Waals surface area (Å²) in [7, 11) is 0. The summed E-state index contributed by atoms with van der Waals surface area (Å²) in [4.78, 5) is 31.7. The van der Waals surface area contributed by atoms with Crippen molar-refractivity contribution in [2.45, 2.75) is 25.7 Å². The van der Waals surface area contributed by atoms with Crippen molar-refractivity contribution in [3.8, 4) is 0 Å². The maximum Gasteiger partial charge on any atom is 0.222 e. The summed E-state index contributed by atoms with van der Waals surface area (Å²) < 4.78 is 0. The summed E-state index contributed by atoms with van der Waals surface area (Å²) in [5.41, 5.74) is 1.81. The number of Topliss-reactive ketones (excluding diaryl/α,β-unsaturated/α-hetero) is 1. The summed E-state index contributed by atoms with van der Waals surface area (Å²) in [6.07, 6.45) is 6.41. The number of rotatable bonds is 5. The number of hydrogen-bond acceptors (Lipinski definition) is 3. The number of aryl methyl sites for hydroxylation is 1. The molecular formula is C24H24N2O2. The van der Waals surface area contributed by atoms with Gasteiger partial charge in [0, 0.05) is 43.4 Å². The van der Waals surface area contributed by atoms with E-state index in [9.17, 15) is 9.59 Å². The van der Waals surface area contributed by atoms with E-state index in [1.54, 1.807) is 12.4 Å². The lowest BCUT2D eigenvalue weighted by Crippen LogP contribution is -2.42. The van der Waals surface area contributed by atoms with E-state index in [1.807, 2.05) is 59.5 Å². The molecule has 1 saturated heterocycles. The SMILES string of the molecule is O=C(c1ccc2ccccc2c1)[C@H]1CCCN(C(=O)CCc2cccnc2)C1. The minimum absolute atomic E-state index is 0.114. The standard InChI is InChI=1S/C24H24N2O2/c27-23(12-9-18-5-3-13-25-16-18)26-14-4-8-22(17-26)24(28)21-11-10-19-6-1-2-7-20(19)15-21/h1-3,5-7,10-11,13,15-16,22H,4,8-9,12,14,17H2/t22-/m0/s1. The summed E-state index contributed by atoms with van der Waals surface area (Å²) >= 11 is 0. The first-order valence-electron chi connectivity index (χ1n) is 9.90. The van der Waals surface area contributed by atoms with Crippen LogP contribution < -0.4 is 0 Å². The third kappa shape index (κ3) is 4.11. The number of ketones is 1. The second-order valence-corrected chi connectivity index (χ2v) is 7.47. The van der Waals surface area contributed by atoms with Gasteiger partial charge in [-0.2, -0.15) is 0 Å². The van der Waals surface area contributed by atoms with Gasteiger partial charge >= 0.3 is 0 Å². The minimum atomic E-state index is -0.114. The second-order valence-electron chi connectivity index (χ2n) is 7.47. The molecule has 3 aromatic rings. The van der Waals surface area contributed by atoms with Crippen molar-refractivity contribution in [1.82, 2.24) is 9.88 Å². The number of aromatic nitrogens is 1. The van der Waals surface area contributed by atoms with Crippen LogP contribution in [0.25, 0.3) is 10.8 Å². The van der Waals surface area contributed by atoms with Crippen LogP contribution in [-0.4, -0.2) is 34.7 Å². The molecule has 28 heavy (non-hydrogen) atoms. The lowest BCUT2D eigenvalue weighted by Gasteiger charge is -2.32. The van der Waals surface area contributed by atoms with E-state index in [0.29, 0.717) is 19.4 Å². The van der Waals surface area contributed by atoms with Crippen molar-refractivity contribution in [2.75, 3.05) is 13.1 Å². The lowest BCUT2D eigenvalue weighted by molar-refractivity contribution is -0.132. The van der Waals surface area contributed by atoms with Crippen molar-refractivity contribution < 1.29 is 9.59 Å². The quantitative estimate of drug-likeness (QED) is 0.628. The molecule has 2 aromatic carbocycles. The first kappa shape index (κ1) is 18.4. The number of fused-ring (bicyclic) bond motifs is 1. The van der Waals surface area contributed by atoms with Gasteiger partial charge in [0.25, 0.3) is 0 Å². The fourth-order valence-corrected chi connectivity index (χ4v) is 3.95. The van der Waals surface area contributed by atoms with Gasteiger partial charge < -0.3 is 4.90 Å². The highest BCUT2D eigenvalue weighted by Crippen LogP contribution is 2.24. The van der Waals surface area contributed by atoms with E-state index < -0.39 is 0 Å². The summed E-state index contributed by atoms with van der Waals surface area (Å²) in [6, 6.07) is 17.8. The van der Waals surface area contributed by atoms with Crippen LogP contribution in [0.5, 0.6) is 0 Å². The molecule has 1 aliphatic heterocycles. The molecule has 1 aromatic heterocycles. The Morgan fingerprint density at radius 3 is 2.71 bits per heavy atom. The molecule has 0 radical (unpaired) electrons. The number of nitrogens with zero attached hydrogens (tertiary/aromatic N) is 2. The van der Waals surface area contributed by atoms with Crippen LogP contribution in [0.2, 0.25) is 0 Å². The molecule has 0 saturated carbocycles. The van der Waals surface area contributed by atoms with Gasteiger partial charge in [0.15, 0.2) is 5.78 Å². The Kier molecular flexibility index (Phi) is 5.47. The fourth-order valence-electron chi connectivity index (χ4n) is 3.95. The van der Waals surface area contributed by atoms with E-state index in [4.69, 9.17) is 0 Å². The van der Waals surface area contributed by atoms with E-state index in [2.05, 4.69) is 4.98 Å². The number of carbonyl (C=O) groups excluding carboxylic acids is 2. The Bertz CT molecular complexity index is 984. The molecule has 0 bridgehead atoms. The molecule has 1 fully saturated rings. The van der Waals surface area contributed by atoms with Gasteiger partial charge in [-0.05, 0) is 47.7 Å². The van der Waals surface area contributed by atoms with Crippen LogP contribution in [0, 0.1) is 5.92 Å². The zero-order valence-corrected chi connectivity index (χ0v) is 15.9. The van der Waals surface area contributed by atoms with Gasteiger partial charge in [0.1, 0.15) is 0 Å². The monoisotopic (exact) mass is 372 g/mol. The highest BCUT2D eigenvalue weighted by molar-refractivity contribution is 6.01. The van der Waals surface area contributed by atoms with Crippen LogP contribution in [0.4, 0.5) is 0 Å². The smallest absolute Gasteiger partial charge is 0.222 e. The fraction of sp³-hybridized carbons (Fsp3) is 0.292. The maximum atomic E-state index is 13.0. The van der Waals surface area contributed by atoms with Crippen molar-refractivity contribution in [3.05, 3.63) is 78.1 Å². The van der Waals surface area contributed by atoms with Crippen LogP contribution in [0.15, 0.2) is 67.0 Å². The minimum Gasteiger partial charge on any atom is -0.342 e. The Morgan fingerprint density at radius 1 is 1.04 bits per heavy atom. The Balaban J connectivity index is 1.40. The largest absolute Gasteiger partial charge is 0.342 e. The van der Waals surface area contributed by atoms with Crippen molar-refractivity contribution in [3.63, 3.8) is 0 Å². The summed E-state index contributed by atoms with van der Waals surface area (Å²) in [5, 5.41) is 2.21. The molecule has 2 heterocycles. The van der Waals surface area contributed by atoms with Crippen molar-refractivity contribution >= 4 is 22.5 Å². The normalized spacial score (nSPS) is 16.9. The van der Waals surface area contributed by atoms with Crippen molar-refractivity contribution in [1.29, 1.82) is 0 Å². The molecule has 4 rings (SSSR count). The van der Waals surface area contributed by atoms with Gasteiger partial charge in [-0.15, -0.1) is 0 Å². The third-order valence-electron chi connectivity index (χ3n) is 5.53. The molecular weight excluding hydrogens is 348 g/mol. The highest BCUT2D eigenvalue weighted by atomic mass is 16.2. The van der Waals surface area contributed by atoms with Crippen molar-refractivity contribution in [2.24, 2.45) is 5.92 Å². The van der Waals surface area contributed by atoms with E-state index in [-0.39, 0.29) is 17.6 Å². The highest BCUT2D eigenvalue weighted by Gasteiger charge is 2.28. The average Bonchev–Trinajstić information content (AvgIpc) is 2.77. The topological polar surface area (TPSA) is 50.3 Å². The molecule has 1 atom stereocenters. The lowest BCUT2D eigenvalue weighted by atomic mass is 9.89. The van der Waals surface area contributed by atoms with Crippen LogP contribution in [0.1, 0.15) is 35.2 Å². The maximum absolute atomic E-state index is 13.0. The Labute approximate surface area is 165 Å². The van der Waals surface area contributed by atoms with Gasteiger partial charge in [0.05, 0.1) is 0 Å². The number of likely N-dealkylation sites (tertiary alicyclic amines) is 1. The average molecular weight is 372 g/mol. The Morgan fingerprint density at radius 2 is 1.89 bits per heavy atom. The van der Waals surface area contributed by atoms with E-state index in [0.717, 1.165) is 41.3 Å². The number of piperidine rings is 1.